The van der Waals surface area contributed by atoms with E-state index in [1.54, 1.807) is 20.8 Å². The van der Waals surface area contributed by atoms with Crippen molar-refractivity contribution in [2.75, 3.05) is 19.7 Å². The summed E-state index contributed by atoms with van der Waals surface area (Å²) < 4.78 is 10.8. The summed E-state index contributed by atoms with van der Waals surface area (Å²) in [6.07, 6.45) is -1.29. The van der Waals surface area contributed by atoms with Gasteiger partial charge in [0.25, 0.3) is 0 Å². The number of benzene rings is 2. The molecule has 2 N–H and O–H groups in total. The maximum atomic E-state index is 12.5. The van der Waals surface area contributed by atoms with Crippen LogP contribution >= 0.6 is 0 Å². The van der Waals surface area contributed by atoms with Gasteiger partial charge in [-0.3, -0.25) is 0 Å². The number of nitrogens with one attached hydrogen (secondary N) is 1. The molecule has 33 heavy (non-hydrogen) atoms. The molecular weight excluding hydrogens is 424 g/mol. The highest BCUT2D eigenvalue weighted by atomic mass is 16.6. The van der Waals surface area contributed by atoms with Gasteiger partial charge in [-0.15, -0.1) is 0 Å². The van der Waals surface area contributed by atoms with Gasteiger partial charge in [0.15, 0.2) is 0 Å². The fraction of sp³-hybridized carbons (Fsp3) is 0.400. The molecule has 2 aromatic rings. The Morgan fingerprint density at radius 2 is 1.58 bits per heavy atom. The van der Waals surface area contributed by atoms with Crippen molar-refractivity contribution in [3.8, 4) is 11.1 Å². The van der Waals surface area contributed by atoms with Gasteiger partial charge in [0.05, 0.1) is 0 Å². The lowest BCUT2D eigenvalue weighted by atomic mass is 9.92. The molecule has 2 aliphatic rings. The summed E-state index contributed by atoms with van der Waals surface area (Å²) in [5.41, 5.74) is 3.75. The molecule has 8 nitrogen and oxygen atoms in total. The lowest BCUT2D eigenvalue weighted by Gasteiger charge is -2.42. The van der Waals surface area contributed by atoms with Gasteiger partial charge in [0, 0.05) is 24.9 Å². The van der Waals surface area contributed by atoms with Crippen LogP contribution in [0.2, 0.25) is 0 Å². The number of alkyl carbamates (subject to hydrolysis) is 1. The number of likely N-dealkylation sites (tertiary alicyclic amines) is 1. The summed E-state index contributed by atoms with van der Waals surface area (Å²) in [5.74, 6) is -1.70. The van der Waals surface area contributed by atoms with Crippen LogP contribution in [-0.2, 0) is 14.3 Å². The van der Waals surface area contributed by atoms with Gasteiger partial charge in [-0.25, -0.2) is 14.4 Å². The topological polar surface area (TPSA) is 105 Å². The lowest BCUT2D eigenvalue weighted by Crippen LogP contribution is -2.61. The normalized spacial score (nSPS) is 16.3. The third-order valence-electron chi connectivity index (χ3n) is 5.92. The van der Waals surface area contributed by atoms with E-state index in [4.69, 9.17) is 9.47 Å². The molecule has 1 saturated heterocycles. The zero-order valence-corrected chi connectivity index (χ0v) is 18.9. The molecule has 0 radical (unpaired) electrons. The third-order valence-corrected chi connectivity index (χ3v) is 5.92. The number of carboxylic acids is 1. The van der Waals surface area contributed by atoms with Crippen LogP contribution in [0.4, 0.5) is 9.59 Å². The predicted molar refractivity (Wildman–Crippen MR) is 121 cm³/mol. The lowest BCUT2D eigenvalue weighted by molar-refractivity contribution is -0.142. The highest BCUT2D eigenvalue weighted by Crippen LogP contribution is 2.44. The number of amides is 2. The van der Waals surface area contributed by atoms with Gasteiger partial charge < -0.3 is 24.8 Å². The fourth-order valence-electron chi connectivity index (χ4n) is 4.35. The number of hydrogen-bond donors (Lipinski definition) is 2. The number of carbonyl (C=O) groups excluding carboxylic acids is 2. The maximum Gasteiger partial charge on any atom is 0.410 e. The van der Waals surface area contributed by atoms with E-state index in [1.807, 2.05) is 48.5 Å². The van der Waals surface area contributed by atoms with Crippen LogP contribution in [0.1, 0.15) is 37.8 Å². The van der Waals surface area contributed by atoms with Crippen molar-refractivity contribution in [1.82, 2.24) is 10.2 Å². The molecule has 1 heterocycles. The number of carboxylic acid groups (broad SMARTS) is 1. The van der Waals surface area contributed by atoms with E-state index >= 15 is 0 Å². The fourth-order valence-corrected chi connectivity index (χ4v) is 4.35. The van der Waals surface area contributed by atoms with E-state index in [2.05, 4.69) is 5.32 Å². The van der Waals surface area contributed by atoms with Gasteiger partial charge in [0.2, 0.25) is 0 Å². The molecule has 8 heteroatoms. The molecular formula is C25H28N2O6. The molecule has 1 aliphatic carbocycles. The molecule has 4 rings (SSSR count). The minimum Gasteiger partial charge on any atom is -0.480 e. The highest BCUT2D eigenvalue weighted by Gasteiger charge is 2.42. The molecule has 174 valence electrons. The van der Waals surface area contributed by atoms with E-state index in [0.717, 1.165) is 22.3 Å². The van der Waals surface area contributed by atoms with E-state index < -0.39 is 35.7 Å². The number of ether oxygens (including phenoxy) is 2. The van der Waals surface area contributed by atoms with Crippen molar-refractivity contribution >= 4 is 18.2 Å². The van der Waals surface area contributed by atoms with E-state index in [9.17, 15) is 19.5 Å². The molecule has 0 saturated carbocycles. The summed E-state index contributed by atoms with van der Waals surface area (Å²) in [5, 5.41) is 12.1. The summed E-state index contributed by atoms with van der Waals surface area (Å²) in [4.78, 5) is 37.8. The summed E-state index contributed by atoms with van der Waals surface area (Å²) >= 11 is 0. The van der Waals surface area contributed by atoms with Crippen LogP contribution in [0.5, 0.6) is 0 Å². The Labute approximate surface area is 192 Å². The average molecular weight is 453 g/mol. The average Bonchev–Trinajstić information content (AvgIpc) is 3.03. The molecule has 1 unspecified atom stereocenters. The third kappa shape index (κ3) is 4.79. The Bertz CT molecular complexity index is 1030. The molecule has 1 atom stereocenters. The minimum atomic E-state index is -1.17. The van der Waals surface area contributed by atoms with Crippen LogP contribution in [0.15, 0.2) is 48.5 Å². The van der Waals surface area contributed by atoms with Crippen molar-refractivity contribution < 1.29 is 29.0 Å². The van der Waals surface area contributed by atoms with Crippen LogP contribution in [-0.4, -0.2) is 59.5 Å². The van der Waals surface area contributed by atoms with Crippen molar-refractivity contribution in [2.45, 2.75) is 38.3 Å². The van der Waals surface area contributed by atoms with Crippen LogP contribution in [0.3, 0.4) is 0 Å². The first-order valence-corrected chi connectivity index (χ1v) is 11.0. The predicted octanol–water partition coefficient (Wildman–Crippen LogP) is 3.85. The number of fused-ring (bicyclic) bond motifs is 3. The largest absolute Gasteiger partial charge is 0.480 e. The number of nitrogens with zero attached hydrogens (tertiary/aromatic N) is 1. The van der Waals surface area contributed by atoms with Crippen LogP contribution < -0.4 is 5.32 Å². The molecule has 2 amide bonds. The first-order valence-electron chi connectivity index (χ1n) is 11.0. The summed E-state index contributed by atoms with van der Waals surface area (Å²) in [6, 6.07) is 14.8. The smallest absolute Gasteiger partial charge is 0.410 e. The zero-order chi connectivity index (χ0) is 23.8. The van der Waals surface area contributed by atoms with E-state index in [-0.39, 0.29) is 25.6 Å². The minimum absolute atomic E-state index is 0.0981. The molecule has 0 aromatic heterocycles. The van der Waals surface area contributed by atoms with Crippen LogP contribution in [0.25, 0.3) is 11.1 Å². The Balaban J connectivity index is 1.35. The summed E-state index contributed by atoms with van der Waals surface area (Å²) in [6.45, 7) is 5.77. The number of rotatable bonds is 5. The Kier molecular flexibility index (Phi) is 6.01. The second-order valence-electron chi connectivity index (χ2n) is 9.43. The highest BCUT2D eigenvalue weighted by molar-refractivity contribution is 5.82. The van der Waals surface area contributed by atoms with Gasteiger partial charge in [-0.05, 0) is 43.0 Å². The van der Waals surface area contributed by atoms with Crippen molar-refractivity contribution in [2.24, 2.45) is 5.92 Å². The molecule has 0 spiro atoms. The van der Waals surface area contributed by atoms with E-state index in [0.29, 0.717) is 0 Å². The molecule has 2 aromatic carbocycles. The van der Waals surface area contributed by atoms with Crippen molar-refractivity contribution in [1.29, 1.82) is 0 Å². The summed E-state index contributed by atoms with van der Waals surface area (Å²) in [7, 11) is 0. The number of aliphatic carboxylic acids is 1. The van der Waals surface area contributed by atoms with Crippen molar-refractivity contribution in [3.63, 3.8) is 0 Å². The number of carbonyl (C=O) groups is 3. The second-order valence-corrected chi connectivity index (χ2v) is 9.43. The zero-order valence-electron chi connectivity index (χ0n) is 18.9. The standard InChI is InChI=1S/C25H28N2O6/c1-25(2,3)33-24(31)27-12-15(13-27)21(22(28)29)26-23(30)32-14-20-18-10-6-4-8-16(18)17-9-5-7-11-19(17)20/h4-11,15,20-21H,12-14H2,1-3H3,(H,26,30)(H,28,29). The van der Waals surface area contributed by atoms with Gasteiger partial charge in [0.1, 0.15) is 18.2 Å². The monoisotopic (exact) mass is 452 g/mol. The number of hydrogen-bond acceptors (Lipinski definition) is 5. The second kappa shape index (κ2) is 8.77. The SMILES string of the molecule is CC(C)(C)OC(=O)N1CC(C(NC(=O)OCC2c3ccccc3-c3ccccc32)C(=O)O)C1. The maximum absolute atomic E-state index is 12.5. The van der Waals surface area contributed by atoms with Gasteiger partial charge >= 0.3 is 18.2 Å². The molecule has 0 bridgehead atoms. The first kappa shape index (κ1) is 22.6. The Hall–Kier alpha value is -3.55. The first-order chi connectivity index (χ1) is 15.6. The van der Waals surface area contributed by atoms with Gasteiger partial charge in [-0.1, -0.05) is 48.5 Å². The Morgan fingerprint density at radius 3 is 2.09 bits per heavy atom. The van der Waals surface area contributed by atoms with Crippen molar-refractivity contribution in [3.05, 3.63) is 59.7 Å². The molecule has 1 aliphatic heterocycles. The van der Waals surface area contributed by atoms with E-state index in [1.165, 1.54) is 4.90 Å². The van der Waals surface area contributed by atoms with Gasteiger partial charge in [-0.2, -0.15) is 0 Å². The Morgan fingerprint density at radius 1 is 1.03 bits per heavy atom. The quantitative estimate of drug-likeness (QED) is 0.714. The van der Waals surface area contributed by atoms with Crippen LogP contribution in [0, 0.1) is 5.92 Å². The molecule has 1 fully saturated rings.